The number of likely N-dealkylation sites (tertiary alicyclic amines) is 1. The maximum Gasteiger partial charge on any atom is 0.245 e. The molecule has 6 heteroatoms. The first-order valence-corrected chi connectivity index (χ1v) is 9.62. The first-order chi connectivity index (χ1) is 12.7. The molecule has 1 aromatic rings. The highest BCUT2D eigenvalue weighted by Crippen LogP contribution is 2.29. The fourth-order valence-corrected chi connectivity index (χ4v) is 3.96. The quantitative estimate of drug-likeness (QED) is 0.826. The summed E-state index contributed by atoms with van der Waals surface area (Å²) in [6.07, 6.45) is 3.27. The van der Waals surface area contributed by atoms with E-state index in [-0.39, 0.29) is 17.9 Å². The molecule has 2 saturated heterocycles. The maximum absolute atomic E-state index is 13.0. The van der Waals surface area contributed by atoms with Gasteiger partial charge in [-0.1, -0.05) is 19.1 Å². The minimum Gasteiger partial charge on any atom is -0.495 e. The summed E-state index contributed by atoms with van der Waals surface area (Å²) in [4.78, 5) is 31.2. The smallest absolute Gasteiger partial charge is 0.245 e. The van der Waals surface area contributed by atoms with Gasteiger partial charge in [-0.05, 0) is 31.4 Å². The molecule has 6 nitrogen and oxygen atoms in total. The SMILES string of the molecule is CCC(=O)N1CCCCC1C(=O)N1CCN(c2ccccc2OC)CC1. The Morgan fingerprint density at radius 1 is 1.08 bits per heavy atom. The summed E-state index contributed by atoms with van der Waals surface area (Å²) >= 11 is 0. The van der Waals surface area contributed by atoms with E-state index in [0.717, 1.165) is 43.8 Å². The van der Waals surface area contributed by atoms with E-state index < -0.39 is 0 Å². The van der Waals surface area contributed by atoms with Crippen molar-refractivity contribution in [2.45, 2.75) is 38.6 Å². The summed E-state index contributed by atoms with van der Waals surface area (Å²) < 4.78 is 5.45. The molecule has 0 spiro atoms. The molecule has 1 aromatic carbocycles. The van der Waals surface area contributed by atoms with Crippen molar-refractivity contribution in [2.75, 3.05) is 44.7 Å². The summed E-state index contributed by atoms with van der Waals surface area (Å²) in [7, 11) is 1.68. The minimum atomic E-state index is -0.269. The maximum atomic E-state index is 13.0. The van der Waals surface area contributed by atoms with E-state index in [1.54, 1.807) is 12.0 Å². The lowest BCUT2D eigenvalue weighted by molar-refractivity contribution is -0.147. The van der Waals surface area contributed by atoms with Gasteiger partial charge >= 0.3 is 0 Å². The van der Waals surface area contributed by atoms with Crippen molar-refractivity contribution in [1.82, 2.24) is 9.80 Å². The second-order valence-corrected chi connectivity index (χ2v) is 6.94. The van der Waals surface area contributed by atoms with Crippen LogP contribution in [-0.2, 0) is 9.59 Å². The van der Waals surface area contributed by atoms with E-state index in [0.29, 0.717) is 26.1 Å². The van der Waals surface area contributed by atoms with Gasteiger partial charge < -0.3 is 19.4 Å². The standard InChI is InChI=1S/C20H29N3O3/c1-3-19(24)23-11-7-6-9-17(23)20(25)22-14-12-21(13-15-22)16-8-4-5-10-18(16)26-2/h4-5,8,10,17H,3,6-7,9,11-15H2,1-2H3. The molecule has 1 atom stereocenters. The Kier molecular flexibility index (Phi) is 6.01. The van der Waals surface area contributed by atoms with E-state index in [4.69, 9.17) is 4.74 Å². The van der Waals surface area contributed by atoms with Crippen LogP contribution in [0.3, 0.4) is 0 Å². The Balaban J connectivity index is 1.63. The van der Waals surface area contributed by atoms with Gasteiger partial charge in [-0.3, -0.25) is 9.59 Å². The third kappa shape index (κ3) is 3.79. The van der Waals surface area contributed by atoms with E-state index in [1.165, 1.54) is 0 Å². The minimum absolute atomic E-state index is 0.0932. The van der Waals surface area contributed by atoms with Gasteiger partial charge in [0.25, 0.3) is 0 Å². The molecule has 0 aromatic heterocycles. The molecular weight excluding hydrogens is 330 g/mol. The van der Waals surface area contributed by atoms with Gasteiger partial charge in [-0.15, -0.1) is 0 Å². The number of carbonyl (C=O) groups excluding carboxylic acids is 2. The molecule has 142 valence electrons. The van der Waals surface area contributed by atoms with Crippen molar-refractivity contribution in [3.63, 3.8) is 0 Å². The second-order valence-electron chi connectivity index (χ2n) is 6.94. The van der Waals surface area contributed by atoms with Gasteiger partial charge in [0, 0.05) is 39.1 Å². The van der Waals surface area contributed by atoms with Crippen LogP contribution in [0, 0.1) is 0 Å². The number of nitrogens with zero attached hydrogens (tertiary/aromatic N) is 3. The Labute approximate surface area is 155 Å². The number of para-hydroxylation sites is 2. The Bertz CT molecular complexity index is 641. The van der Waals surface area contributed by atoms with Gasteiger partial charge in [0.1, 0.15) is 11.8 Å². The lowest BCUT2D eigenvalue weighted by Crippen LogP contribution is -2.57. The number of rotatable bonds is 4. The molecule has 26 heavy (non-hydrogen) atoms. The molecule has 2 aliphatic heterocycles. The topological polar surface area (TPSA) is 53.1 Å². The average Bonchev–Trinajstić information content (AvgIpc) is 2.72. The van der Waals surface area contributed by atoms with Crippen LogP contribution in [0.2, 0.25) is 0 Å². The zero-order valence-electron chi connectivity index (χ0n) is 15.8. The summed E-state index contributed by atoms with van der Waals surface area (Å²) in [5.41, 5.74) is 1.07. The van der Waals surface area contributed by atoms with Gasteiger partial charge in [-0.25, -0.2) is 0 Å². The van der Waals surface area contributed by atoms with Crippen LogP contribution in [0.1, 0.15) is 32.6 Å². The summed E-state index contributed by atoms with van der Waals surface area (Å²) in [6, 6.07) is 7.72. The zero-order chi connectivity index (χ0) is 18.5. The van der Waals surface area contributed by atoms with Crippen molar-refractivity contribution in [2.24, 2.45) is 0 Å². The molecule has 2 fully saturated rings. The van der Waals surface area contributed by atoms with Crippen LogP contribution in [0.4, 0.5) is 5.69 Å². The van der Waals surface area contributed by atoms with Crippen LogP contribution < -0.4 is 9.64 Å². The molecule has 0 saturated carbocycles. The summed E-state index contributed by atoms with van der Waals surface area (Å²) in [5.74, 6) is 1.07. The van der Waals surface area contributed by atoms with Crippen molar-refractivity contribution in [3.05, 3.63) is 24.3 Å². The number of piperazine rings is 1. The zero-order valence-corrected chi connectivity index (χ0v) is 15.8. The average molecular weight is 359 g/mol. The van der Waals surface area contributed by atoms with Crippen molar-refractivity contribution >= 4 is 17.5 Å². The Hall–Kier alpha value is -2.24. The number of hydrogen-bond acceptors (Lipinski definition) is 4. The van der Waals surface area contributed by atoms with Crippen molar-refractivity contribution in [1.29, 1.82) is 0 Å². The van der Waals surface area contributed by atoms with Gasteiger partial charge in [0.15, 0.2) is 0 Å². The summed E-state index contributed by atoms with van der Waals surface area (Å²) in [5, 5.41) is 0. The number of hydrogen-bond donors (Lipinski definition) is 0. The van der Waals surface area contributed by atoms with Crippen LogP contribution in [0.5, 0.6) is 5.75 Å². The predicted molar refractivity (Wildman–Crippen MR) is 101 cm³/mol. The number of benzene rings is 1. The first-order valence-electron chi connectivity index (χ1n) is 9.62. The normalized spacial score (nSPS) is 20.8. The van der Waals surface area contributed by atoms with Gasteiger partial charge in [0.2, 0.25) is 11.8 Å². The third-order valence-corrected chi connectivity index (χ3v) is 5.43. The molecule has 0 bridgehead atoms. The first kappa shape index (κ1) is 18.5. The molecule has 2 amide bonds. The number of ether oxygens (including phenoxy) is 1. The highest BCUT2D eigenvalue weighted by Gasteiger charge is 2.35. The molecule has 2 heterocycles. The fraction of sp³-hybridized carbons (Fsp3) is 0.600. The lowest BCUT2D eigenvalue weighted by Gasteiger charge is -2.41. The van der Waals surface area contributed by atoms with Crippen LogP contribution in [-0.4, -0.2) is 67.5 Å². The van der Waals surface area contributed by atoms with E-state index in [2.05, 4.69) is 11.0 Å². The van der Waals surface area contributed by atoms with E-state index in [9.17, 15) is 9.59 Å². The van der Waals surface area contributed by atoms with Crippen LogP contribution in [0.15, 0.2) is 24.3 Å². The third-order valence-electron chi connectivity index (χ3n) is 5.43. The molecular formula is C20H29N3O3. The molecule has 1 unspecified atom stereocenters. The number of methoxy groups -OCH3 is 1. The van der Waals surface area contributed by atoms with Crippen LogP contribution in [0.25, 0.3) is 0 Å². The molecule has 0 N–H and O–H groups in total. The largest absolute Gasteiger partial charge is 0.495 e. The highest BCUT2D eigenvalue weighted by molar-refractivity contribution is 5.88. The Morgan fingerprint density at radius 2 is 1.81 bits per heavy atom. The summed E-state index contributed by atoms with van der Waals surface area (Å²) in [6.45, 7) is 5.50. The number of carbonyl (C=O) groups is 2. The van der Waals surface area contributed by atoms with Crippen molar-refractivity contribution in [3.8, 4) is 5.75 Å². The number of amides is 2. The monoisotopic (exact) mass is 359 g/mol. The van der Waals surface area contributed by atoms with Crippen molar-refractivity contribution < 1.29 is 14.3 Å². The highest BCUT2D eigenvalue weighted by atomic mass is 16.5. The predicted octanol–water partition coefficient (Wildman–Crippen LogP) is 2.13. The molecule has 0 aliphatic carbocycles. The van der Waals surface area contributed by atoms with E-state index in [1.807, 2.05) is 30.0 Å². The lowest BCUT2D eigenvalue weighted by atomic mass is 10.00. The van der Waals surface area contributed by atoms with Crippen LogP contribution >= 0.6 is 0 Å². The number of anilines is 1. The molecule has 3 rings (SSSR count). The van der Waals surface area contributed by atoms with Gasteiger partial charge in [-0.2, -0.15) is 0 Å². The number of piperidine rings is 1. The van der Waals surface area contributed by atoms with E-state index >= 15 is 0 Å². The Morgan fingerprint density at radius 3 is 2.50 bits per heavy atom. The fourth-order valence-electron chi connectivity index (χ4n) is 3.96. The second kappa shape index (κ2) is 8.43. The molecule has 2 aliphatic rings. The van der Waals surface area contributed by atoms with Gasteiger partial charge in [0.05, 0.1) is 12.8 Å². The molecule has 0 radical (unpaired) electrons.